The van der Waals surface area contributed by atoms with Gasteiger partial charge in [-0.3, -0.25) is 0 Å². The Hall–Kier alpha value is -0.940. The zero-order chi connectivity index (χ0) is 17.0. The van der Waals surface area contributed by atoms with Crippen LogP contribution in [0, 0.1) is 13.8 Å². The fourth-order valence-corrected chi connectivity index (χ4v) is 2.66. The maximum atomic E-state index is 6.10. The molecule has 0 aliphatic carbocycles. The van der Waals surface area contributed by atoms with Crippen molar-refractivity contribution in [1.29, 1.82) is 0 Å². The number of likely N-dealkylation sites (N-methyl/N-ethyl adjacent to an activating group) is 1. The Balaban J connectivity index is 0.00000288. The van der Waals surface area contributed by atoms with Gasteiger partial charge in [0.2, 0.25) is 5.88 Å². The molecule has 134 valence electrons. The average molecular weight is 393 g/mol. The smallest absolute Gasteiger partial charge is 0.236 e. The van der Waals surface area contributed by atoms with E-state index in [0.717, 1.165) is 36.6 Å². The van der Waals surface area contributed by atoms with Crippen molar-refractivity contribution in [2.24, 2.45) is 0 Å². The van der Waals surface area contributed by atoms with Crippen LogP contribution in [0.2, 0.25) is 10.0 Å². The normalized spacial score (nSPS) is 10.8. The van der Waals surface area contributed by atoms with Crippen molar-refractivity contribution in [3.8, 4) is 11.6 Å². The van der Waals surface area contributed by atoms with Crippen LogP contribution >= 0.6 is 35.6 Å². The summed E-state index contributed by atoms with van der Waals surface area (Å²) in [7, 11) is 0. The zero-order valence-electron chi connectivity index (χ0n) is 14.5. The SMILES string of the molecule is CCN(CC)CCOc1nn(-c2ccc(Cl)c(Cl)c2)c(C)c1C.Cl. The minimum atomic E-state index is 0. The van der Waals surface area contributed by atoms with Crippen LogP contribution in [-0.2, 0) is 0 Å². The van der Waals surface area contributed by atoms with Crippen LogP contribution in [0.25, 0.3) is 5.69 Å². The summed E-state index contributed by atoms with van der Waals surface area (Å²) in [4.78, 5) is 2.32. The fourth-order valence-electron chi connectivity index (χ4n) is 2.37. The Morgan fingerprint density at radius 1 is 1.12 bits per heavy atom. The Bertz CT molecular complexity index is 669. The summed E-state index contributed by atoms with van der Waals surface area (Å²) >= 11 is 12.1. The molecule has 2 rings (SSSR count). The topological polar surface area (TPSA) is 30.3 Å². The van der Waals surface area contributed by atoms with Crippen LogP contribution in [0.4, 0.5) is 0 Å². The van der Waals surface area contributed by atoms with Crippen LogP contribution in [0.5, 0.6) is 5.88 Å². The van der Waals surface area contributed by atoms with Gasteiger partial charge < -0.3 is 9.64 Å². The molecule has 0 atom stereocenters. The van der Waals surface area contributed by atoms with Gasteiger partial charge in [-0.2, -0.15) is 0 Å². The standard InChI is InChI=1S/C17H23Cl2N3O.ClH/c1-5-21(6-2)9-10-23-17-12(3)13(4)22(20-17)14-7-8-15(18)16(19)11-14;/h7-8,11H,5-6,9-10H2,1-4H3;1H. The largest absolute Gasteiger partial charge is 0.475 e. The fraction of sp³-hybridized carbons (Fsp3) is 0.471. The highest BCUT2D eigenvalue weighted by atomic mass is 35.5. The average Bonchev–Trinajstić information content (AvgIpc) is 2.83. The predicted octanol–water partition coefficient (Wildman–Crippen LogP) is 4.94. The minimum Gasteiger partial charge on any atom is -0.475 e. The lowest BCUT2D eigenvalue weighted by Crippen LogP contribution is -2.28. The summed E-state index contributed by atoms with van der Waals surface area (Å²) in [5.41, 5.74) is 2.94. The zero-order valence-corrected chi connectivity index (χ0v) is 16.8. The van der Waals surface area contributed by atoms with Crippen molar-refractivity contribution in [3.05, 3.63) is 39.5 Å². The van der Waals surface area contributed by atoms with Crippen molar-refractivity contribution in [2.45, 2.75) is 27.7 Å². The van der Waals surface area contributed by atoms with Gasteiger partial charge >= 0.3 is 0 Å². The second-order valence-corrected chi connectivity index (χ2v) is 6.22. The highest BCUT2D eigenvalue weighted by Gasteiger charge is 2.14. The quantitative estimate of drug-likeness (QED) is 0.668. The number of benzene rings is 1. The van der Waals surface area contributed by atoms with Crippen LogP contribution in [-0.4, -0.2) is 40.9 Å². The summed E-state index contributed by atoms with van der Waals surface area (Å²) in [5.74, 6) is 0.667. The van der Waals surface area contributed by atoms with E-state index in [1.54, 1.807) is 6.07 Å². The molecule has 1 aromatic carbocycles. The number of hydrogen-bond donors (Lipinski definition) is 0. The Morgan fingerprint density at radius 3 is 2.38 bits per heavy atom. The first-order valence-electron chi connectivity index (χ1n) is 7.84. The molecular formula is C17H24Cl3N3O. The van der Waals surface area contributed by atoms with E-state index in [1.807, 2.05) is 30.7 Å². The van der Waals surface area contributed by atoms with Gasteiger partial charge in [-0.05, 0) is 45.1 Å². The monoisotopic (exact) mass is 391 g/mol. The molecule has 4 nitrogen and oxygen atoms in total. The molecule has 0 radical (unpaired) electrons. The molecule has 0 bridgehead atoms. The van der Waals surface area contributed by atoms with Gasteiger partial charge in [-0.25, -0.2) is 4.68 Å². The second-order valence-electron chi connectivity index (χ2n) is 5.40. The number of rotatable bonds is 7. The lowest BCUT2D eigenvalue weighted by Gasteiger charge is -2.17. The van der Waals surface area contributed by atoms with Gasteiger partial charge in [0.05, 0.1) is 15.7 Å². The van der Waals surface area contributed by atoms with Crippen LogP contribution < -0.4 is 4.74 Å². The highest BCUT2D eigenvalue weighted by molar-refractivity contribution is 6.42. The Labute approximate surface area is 160 Å². The first-order valence-corrected chi connectivity index (χ1v) is 8.60. The first kappa shape index (κ1) is 21.1. The van der Waals surface area contributed by atoms with E-state index in [4.69, 9.17) is 27.9 Å². The van der Waals surface area contributed by atoms with E-state index in [-0.39, 0.29) is 12.4 Å². The predicted molar refractivity (Wildman–Crippen MR) is 104 cm³/mol. The van der Waals surface area contributed by atoms with Crippen molar-refractivity contribution in [1.82, 2.24) is 14.7 Å². The lowest BCUT2D eigenvalue weighted by molar-refractivity contribution is 0.216. The second kappa shape index (κ2) is 9.52. The lowest BCUT2D eigenvalue weighted by atomic mass is 10.2. The van der Waals surface area contributed by atoms with Gasteiger partial charge in [0.15, 0.2) is 0 Å². The van der Waals surface area contributed by atoms with E-state index < -0.39 is 0 Å². The third kappa shape index (κ3) is 4.79. The third-order valence-electron chi connectivity index (χ3n) is 4.06. The molecule has 1 aromatic heterocycles. The molecule has 7 heteroatoms. The van der Waals surface area contributed by atoms with E-state index in [0.29, 0.717) is 22.5 Å². The van der Waals surface area contributed by atoms with Crippen molar-refractivity contribution in [2.75, 3.05) is 26.2 Å². The number of aromatic nitrogens is 2. The van der Waals surface area contributed by atoms with Gasteiger partial charge in [-0.15, -0.1) is 17.5 Å². The number of nitrogens with zero attached hydrogens (tertiary/aromatic N) is 3. The molecule has 0 unspecified atom stereocenters. The molecule has 0 aliphatic heterocycles. The minimum absolute atomic E-state index is 0. The number of halogens is 3. The molecule has 2 aromatic rings. The summed E-state index contributed by atoms with van der Waals surface area (Å²) in [6, 6.07) is 5.48. The first-order chi connectivity index (χ1) is 11.0. The molecule has 0 amide bonds. The van der Waals surface area contributed by atoms with Crippen LogP contribution in [0.1, 0.15) is 25.1 Å². The molecule has 0 fully saturated rings. The van der Waals surface area contributed by atoms with E-state index >= 15 is 0 Å². The molecule has 0 saturated carbocycles. The van der Waals surface area contributed by atoms with Gasteiger partial charge in [0.25, 0.3) is 0 Å². The summed E-state index contributed by atoms with van der Waals surface area (Å²) in [6.07, 6.45) is 0. The van der Waals surface area contributed by atoms with Crippen LogP contribution in [0.15, 0.2) is 18.2 Å². The van der Waals surface area contributed by atoms with Crippen molar-refractivity contribution < 1.29 is 4.74 Å². The molecule has 0 aliphatic rings. The molecular weight excluding hydrogens is 369 g/mol. The Morgan fingerprint density at radius 2 is 1.79 bits per heavy atom. The van der Waals surface area contributed by atoms with Crippen molar-refractivity contribution in [3.63, 3.8) is 0 Å². The molecule has 0 spiro atoms. The highest BCUT2D eigenvalue weighted by Crippen LogP contribution is 2.27. The molecule has 1 heterocycles. The molecule has 0 saturated heterocycles. The molecule has 24 heavy (non-hydrogen) atoms. The van der Waals surface area contributed by atoms with E-state index in [2.05, 4.69) is 23.8 Å². The van der Waals surface area contributed by atoms with E-state index in [1.165, 1.54) is 0 Å². The number of ether oxygens (including phenoxy) is 1. The maximum absolute atomic E-state index is 6.10. The van der Waals surface area contributed by atoms with E-state index in [9.17, 15) is 0 Å². The van der Waals surface area contributed by atoms with Gasteiger partial charge in [0.1, 0.15) is 6.61 Å². The third-order valence-corrected chi connectivity index (χ3v) is 4.80. The van der Waals surface area contributed by atoms with Gasteiger partial charge in [0, 0.05) is 17.8 Å². The summed E-state index contributed by atoms with van der Waals surface area (Å²) < 4.78 is 7.71. The molecule has 0 N–H and O–H groups in total. The number of hydrogen-bond acceptors (Lipinski definition) is 3. The van der Waals surface area contributed by atoms with Crippen molar-refractivity contribution >= 4 is 35.6 Å². The summed E-state index contributed by atoms with van der Waals surface area (Å²) in [5, 5.41) is 5.62. The summed E-state index contributed by atoms with van der Waals surface area (Å²) in [6.45, 7) is 11.9. The van der Waals surface area contributed by atoms with Crippen LogP contribution in [0.3, 0.4) is 0 Å². The Kier molecular flexibility index (Phi) is 8.37. The van der Waals surface area contributed by atoms with Gasteiger partial charge in [-0.1, -0.05) is 37.0 Å². The maximum Gasteiger partial charge on any atom is 0.236 e.